The Labute approximate surface area is 230 Å². The molecule has 0 saturated carbocycles. The summed E-state index contributed by atoms with van der Waals surface area (Å²) < 4.78 is 29.8. The van der Waals surface area contributed by atoms with E-state index in [9.17, 15) is 23.7 Å². The van der Waals surface area contributed by atoms with Crippen molar-refractivity contribution < 1.29 is 37.9 Å². The standard InChI is InChI=1S/C27H46N2O8S/c1-13-26(20(31)35-23(4,5)6)15-17-28(21(32)36-24(7,8)9)27(26,16-18-38(34)14-2)29(19(3)30)22(33)37-25(10,11)12/h13H,1,14-18H2,2-12H3/t26-,27+,38?/m0/s1. The van der Waals surface area contributed by atoms with Crippen molar-refractivity contribution in [3.8, 4) is 0 Å². The van der Waals surface area contributed by atoms with Crippen LogP contribution in [0.4, 0.5) is 9.59 Å². The number of carbonyl (C=O) groups is 4. The zero-order valence-corrected chi connectivity index (χ0v) is 25.7. The van der Waals surface area contributed by atoms with Crippen LogP contribution in [0.25, 0.3) is 0 Å². The zero-order valence-electron chi connectivity index (χ0n) is 24.9. The van der Waals surface area contributed by atoms with Crippen LogP contribution >= 0.6 is 0 Å². The van der Waals surface area contributed by atoms with E-state index in [4.69, 9.17) is 14.2 Å². The molecule has 0 aromatic rings. The third kappa shape index (κ3) is 7.65. The fourth-order valence-electron chi connectivity index (χ4n) is 4.50. The average Bonchev–Trinajstić information content (AvgIpc) is 3.03. The fourth-order valence-corrected chi connectivity index (χ4v) is 5.30. The predicted molar refractivity (Wildman–Crippen MR) is 146 cm³/mol. The summed E-state index contributed by atoms with van der Waals surface area (Å²) in [5.41, 5.74) is -6.63. The second-order valence-corrected chi connectivity index (χ2v) is 14.3. The first-order valence-electron chi connectivity index (χ1n) is 12.8. The molecule has 218 valence electrons. The van der Waals surface area contributed by atoms with Gasteiger partial charge in [0.25, 0.3) is 0 Å². The molecule has 1 saturated heterocycles. The van der Waals surface area contributed by atoms with Gasteiger partial charge in [0.05, 0.1) is 0 Å². The van der Waals surface area contributed by atoms with E-state index in [1.54, 1.807) is 69.2 Å². The summed E-state index contributed by atoms with van der Waals surface area (Å²) in [6.45, 7) is 21.7. The van der Waals surface area contributed by atoms with Crippen LogP contribution in [0.2, 0.25) is 0 Å². The van der Waals surface area contributed by atoms with Gasteiger partial charge >= 0.3 is 18.2 Å². The molecule has 0 radical (unpaired) electrons. The maximum absolute atomic E-state index is 14.0. The highest BCUT2D eigenvalue weighted by molar-refractivity contribution is 7.91. The number of rotatable bonds is 7. The second kappa shape index (κ2) is 11.9. The van der Waals surface area contributed by atoms with Gasteiger partial charge in [0.15, 0.2) is 5.66 Å². The summed E-state index contributed by atoms with van der Waals surface area (Å²) in [6.07, 6.45) is -0.799. The van der Waals surface area contributed by atoms with Gasteiger partial charge in [-0.3, -0.25) is 14.5 Å². The van der Waals surface area contributed by atoms with Crippen molar-refractivity contribution in [3.05, 3.63) is 12.7 Å². The minimum Gasteiger partial charge on any atom is -0.616 e. The molecule has 1 rings (SSSR count). The first-order chi connectivity index (χ1) is 17.1. The summed E-state index contributed by atoms with van der Waals surface area (Å²) in [5, 5.41) is 0. The molecule has 1 aliphatic rings. The quantitative estimate of drug-likeness (QED) is 0.189. The van der Waals surface area contributed by atoms with Crippen LogP contribution in [0.5, 0.6) is 0 Å². The van der Waals surface area contributed by atoms with Gasteiger partial charge in [-0.15, -0.1) is 6.58 Å². The Morgan fingerprint density at radius 1 is 0.974 bits per heavy atom. The van der Waals surface area contributed by atoms with Gasteiger partial charge in [0.2, 0.25) is 5.91 Å². The van der Waals surface area contributed by atoms with Crippen molar-refractivity contribution in [2.45, 2.75) is 111 Å². The van der Waals surface area contributed by atoms with Crippen LogP contribution in [0.15, 0.2) is 12.7 Å². The van der Waals surface area contributed by atoms with Crippen LogP contribution in [0, 0.1) is 5.41 Å². The molecule has 1 unspecified atom stereocenters. The van der Waals surface area contributed by atoms with Crippen molar-refractivity contribution >= 4 is 35.2 Å². The number of hydrogen-bond acceptors (Lipinski definition) is 8. The minimum absolute atomic E-state index is 0.0179. The first kappa shape index (κ1) is 33.8. The SMILES string of the molecule is C=C[C@@]1(C(=O)OC(C)(C)C)CCN(C(=O)OC(C)(C)C)[C@]1(CC[S+]([O-])CC)N(C(C)=O)C(=O)OC(C)(C)C. The zero-order chi connectivity index (χ0) is 29.9. The molecule has 0 aromatic heterocycles. The molecule has 1 heterocycles. The Balaban J connectivity index is 4.11. The van der Waals surface area contributed by atoms with Crippen molar-refractivity contribution in [1.29, 1.82) is 0 Å². The van der Waals surface area contributed by atoms with Crippen molar-refractivity contribution in [2.24, 2.45) is 5.41 Å². The van der Waals surface area contributed by atoms with Gasteiger partial charge in [0, 0.05) is 19.9 Å². The van der Waals surface area contributed by atoms with Gasteiger partial charge in [-0.25, -0.2) is 14.5 Å². The molecule has 0 bridgehead atoms. The van der Waals surface area contributed by atoms with Gasteiger partial charge < -0.3 is 18.8 Å². The number of likely N-dealkylation sites (tertiary alicyclic amines) is 1. The number of hydrogen-bond donors (Lipinski definition) is 0. The molecule has 10 nitrogen and oxygen atoms in total. The van der Waals surface area contributed by atoms with E-state index in [1.165, 1.54) is 11.0 Å². The summed E-state index contributed by atoms with van der Waals surface area (Å²) in [6, 6.07) is 0. The molecule has 0 aliphatic carbocycles. The molecule has 1 fully saturated rings. The van der Waals surface area contributed by atoms with Crippen LogP contribution in [-0.4, -0.2) is 78.9 Å². The second-order valence-electron chi connectivity index (χ2n) is 12.4. The van der Waals surface area contributed by atoms with Crippen molar-refractivity contribution in [3.63, 3.8) is 0 Å². The maximum atomic E-state index is 14.0. The van der Waals surface area contributed by atoms with E-state index in [2.05, 4.69) is 6.58 Å². The molecule has 11 heteroatoms. The number of esters is 1. The monoisotopic (exact) mass is 558 g/mol. The molecule has 0 spiro atoms. The Morgan fingerprint density at radius 3 is 1.87 bits per heavy atom. The topological polar surface area (TPSA) is 126 Å². The molecule has 0 aromatic carbocycles. The van der Waals surface area contributed by atoms with Crippen LogP contribution < -0.4 is 0 Å². The van der Waals surface area contributed by atoms with E-state index in [-0.39, 0.29) is 25.1 Å². The van der Waals surface area contributed by atoms with Gasteiger partial charge in [-0.2, -0.15) is 0 Å². The highest BCUT2D eigenvalue weighted by Crippen LogP contribution is 2.53. The number of imide groups is 1. The molecule has 3 amide bonds. The van der Waals surface area contributed by atoms with Crippen LogP contribution in [0.1, 0.15) is 89.0 Å². The van der Waals surface area contributed by atoms with Crippen molar-refractivity contribution in [1.82, 2.24) is 9.80 Å². The van der Waals surface area contributed by atoms with Crippen LogP contribution in [-0.2, 0) is 35.0 Å². The smallest absolute Gasteiger partial charge is 0.419 e. The number of amides is 3. The fraction of sp³-hybridized carbons (Fsp3) is 0.778. The lowest BCUT2D eigenvalue weighted by molar-refractivity contribution is -0.179. The molecular formula is C27H46N2O8S. The van der Waals surface area contributed by atoms with E-state index >= 15 is 0 Å². The highest BCUT2D eigenvalue weighted by atomic mass is 32.2. The molecule has 38 heavy (non-hydrogen) atoms. The lowest BCUT2D eigenvalue weighted by Gasteiger charge is -2.51. The molecular weight excluding hydrogens is 512 g/mol. The summed E-state index contributed by atoms with van der Waals surface area (Å²) >= 11 is -1.38. The van der Waals surface area contributed by atoms with Gasteiger partial charge in [-0.05, 0) is 75.7 Å². The lowest BCUT2D eigenvalue weighted by atomic mass is 9.72. The maximum Gasteiger partial charge on any atom is 0.419 e. The van der Waals surface area contributed by atoms with E-state index in [0.29, 0.717) is 5.75 Å². The third-order valence-corrected chi connectivity index (χ3v) is 7.18. The molecule has 1 aliphatic heterocycles. The van der Waals surface area contributed by atoms with Gasteiger partial charge in [-0.1, -0.05) is 17.3 Å². The predicted octanol–water partition coefficient (Wildman–Crippen LogP) is 4.78. The summed E-state index contributed by atoms with van der Waals surface area (Å²) in [5.74, 6) is -1.28. The largest absolute Gasteiger partial charge is 0.616 e. The molecule has 3 atom stereocenters. The molecule has 0 N–H and O–H groups in total. The Bertz CT molecular complexity index is 918. The Hall–Kier alpha value is -2.27. The number of ether oxygens (including phenoxy) is 3. The van der Waals surface area contributed by atoms with E-state index in [1.807, 2.05) is 0 Å². The Kier molecular flexibility index (Phi) is 10.5. The van der Waals surface area contributed by atoms with Crippen LogP contribution in [0.3, 0.4) is 0 Å². The van der Waals surface area contributed by atoms with Gasteiger partial charge in [0.1, 0.15) is 33.7 Å². The van der Waals surface area contributed by atoms with E-state index < -0.39 is 63.1 Å². The summed E-state index contributed by atoms with van der Waals surface area (Å²) in [7, 11) is 0. The highest BCUT2D eigenvalue weighted by Gasteiger charge is 2.70. The normalized spacial score (nSPS) is 22.9. The average molecular weight is 559 g/mol. The summed E-state index contributed by atoms with van der Waals surface area (Å²) in [4.78, 5) is 56.7. The van der Waals surface area contributed by atoms with E-state index in [0.717, 1.165) is 11.8 Å². The minimum atomic E-state index is -2.00. The number of nitrogens with zero attached hydrogens (tertiary/aromatic N) is 2. The first-order valence-corrected chi connectivity index (χ1v) is 14.3. The lowest BCUT2D eigenvalue weighted by Crippen LogP contribution is -2.71. The Morgan fingerprint density at radius 2 is 1.47 bits per heavy atom. The third-order valence-electron chi connectivity index (χ3n) is 5.88. The van der Waals surface area contributed by atoms with Crippen molar-refractivity contribution in [2.75, 3.05) is 18.1 Å². The number of carbonyl (C=O) groups excluding carboxylic acids is 4.